The monoisotopic (exact) mass is 181 g/mol. The highest BCUT2D eigenvalue weighted by Gasteiger charge is 1.94. The fourth-order valence-corrected chi connectivity index (χ4v) is 1.11. The number of rotatable bonds is 7. The molecule has 0 rings (SSSR count). The summed E-state index contributed by atoms with van der Waals surface area (Å²) in [5.41, 5.74) is 0. The summed E-state index contributed by atoms with van der Waals surface area (Å²) in [6.45, 7) is 9.84. The average molecular weight is 181 g/mol. The Hall–Kier alpha value is -0.560. The van der Waals surface area contributed by atoms with Crippen LogP contribution >= 0.6 is 0 Å². The van der Waals surface area contributed by atoms with Crippen LogP contribution in [-0.4, -0.2) is 24.5 Å². The van der Waals surface area contributed by atoms with Gasteiger partial charge in [0.2, 0.25) is 0 Å². The summed E-state index contributed by atoms with van der Waals surface area (Å²) < 4.78 is 0. The van der Waals surface area contributed by atoms with E-state index >= 15 is 0 Å². The van der Waals surface area contributed by atoms with Crippen molar-refractivity contribution in [2.45, 2.75) is 33.6 Å². The zero-order chi connectivity index (χ0) is 9.94. The minimum atomic E-state index is 1.08. The molecule has 0 unspecified atom stereocenters. The van der Waals surface area contributed by atoms with E-state index in [1.165, 1.54) is 0 Å². The van der Waals surface area contributed by atoms with Gasteiger partial charge in [-0.3, -0.25) is 4.90 Å². The molecule has 0 aromatic rings. The van der Waals surface area contributed by atoms with E-state index in [-0.39, 0.29) is 0 Å². The molecule has 0 aliphatic heterocycles. The van der Waals surface area contributed by atoms with Crippen LogP contribution in [0.2, 0.25) is 0 Å². The van der Waals surface area contributed by atoms with Crippen LogP contribution in [0.4, 0.5) is 0 Å². The zero-order valence-electron chi connectivity index (χ0n) is 9.29. The lowest BCUT2D eigenvalue weighted by molar-refractivity contribution is 0.354. The van der Waals surface area contributed by atoms with E-state index in [0.29, 0.717) is 0 Å². The van der Waals surface area contributed by atoms with Crippen molar-refractivity contribution >= 4 is 0 Å². The Balaban J connectivity index is 3.62. The topological polar surface area (TPSA) is 3.24 Å². The van der Waals surface area contributed by atoms with Gasteiger partial charge in [-0.05, 0) is 19.4 Å². The molecule has 13 heavy (non-hydrogen) atoms. The molecule has 0 aromatic carbocycles. The summed E-state index contributed by atoms with van der Waals surface area (Å²) in [5.74, 6) is 0. The molecule has 0 saturated carbocycles. The molecule has 0 heterocycles. The maximum absolute atomic E-state index is 2.42. The maximum atomic E-state index is 2.42. The van der Waals surface area contributed by atoms with Crippen LogP contribution in [-0.2, 0) is 0 Å². The summed E-state index contributed by atoms with van der Waals surface area (Å²) in [7, 11) is 0. The summed E-state index contributed by atoms with van der Waals surface area (Å²) in [6, 6.07) is 0. The molecular weight excluding hydrogens is 158 g/mol. The molecule has 0 N–H and O–H groups in total. The molecule has 0 saturated heterocycles. The van der Waals surface area contributed by atoms with E-state index in [2.05, 4.69) is 50.0 Å². The van der Waals surface area contributed by atoms with E-state index in [9.17, 15) is 0 Å². The third-order valence-corrected chi connectivity index (χ3v) is 1.98. The molecule has 0 atom stereocenters. The Bertz CT molecular complexity index is 131. The van der Waals surface area contributed by atoms with Crippen molar-refractivity contribution in [2.24, 2.45) is 0 Å². The summed E-state index contributed by atoms with van der Waals surface area (Å²) >= 11 is 0. The van der Waals surface area contributed by atoms with Crippen molar-refractivity contribution in [2.75, 3.05) is 19.6 Å². The quantitative estimate of drug-likeness (QED) is 0.545. The van der Waals surface area contributed by atoms with E-state index in [1.54, 1.807) is 0 Å². The van der Waals surface area contributed by atoms with Crippen molar-refractivity contribution in [3.63, 3.8) is 0 Å². The number of allylic oxidation sites excluding steroid dienone is 2. The first kappa shape index (κ1) is 12.4. The second kappa shape index (κ2) is 9.53. The molecule has 0 amide bonds. The summed E-state index contributed by atoms with van der Waals surface area (Å²) in [6.07, 6.45) is 11.2. The number of hydrogen-bond donors (Lipinski definition) is 0. The van der Waals surface area contributed by atoms with Crippen LogP contribution < -0.4 is 0 Å². The van der Waals surface area contributed by atoms with Gasteiger partial charge in [0.25, 0.3) is 0 Å². The van der Waals surface area contributed by atoms with Crippen molar-refractivity contribution in [1.29, 1.82) is 0 Å². The molecule has 76 valence electrons. The highest BCUT2D eigenvalue weighted by atomic mass is 15.1. The molecule has 0 fully saturated rings. The minimum Gasteiger partial charge on any atom is -0.296 e. The Morgan fingerprint density at radius 3 is 1.54 bits per heavy atom. The third-order valence-electron chi connectivity index (χ3n) is 1.98. The van der Waals surface area contributed by atoms with Crippen molar-refractivity contribution in [3.8, 4) is 0 Å². The molecular formula is C12H23N. The van der Waals surface area contributed by atoms with E-state index < -0.39 is 0 Å². The van der Waals surface area contributed by atoms with Gasteiger partial charge < -0.3 is 0 Å². The fourth-order valence-electron chi connectivity index (χ4n) is 1.11. The highest BCUT2D eigenvalue weighted by Crippen LogP contribution is 1.91. The molecule has 0 spiro atoms. The molecule has 0 aromatic heterocycles. The zero-order valence-corrected chi connectivity index (χ0v) is 9.29. The Kier molecular flexibility index (Phi) is 9.12. The predicted octanol–water partition coefficient (Wildman–Crippen LogP) is 3.24. The lowest BCUT2D eigenvalue weighted by atomic mass is 10.3. The van der Waals surface area contributed by atoms with E-state index in [1.807, 2.05) is 0 Å². The fraction of sp³-hybridized carbons (Fsp3) is 0.667. The minimum absolute atomic E-state index is 1.08. The van der Waals surface area contributed by atoms with Gasteiger partial charge >= 0.3 is 0 Å². The van der Waals surface area contributed by atoms with E-state index in [4.69, 9.17) is 0 Å². The van der Waals surface area contributed by atoms with Crippen LogP contribution in [0.1, 0.15) is 33.6 Å². The molecule has 1 heteroatoms. The largest absolute Gasteiger partial charge is 0.296 e. The van der Waals surface area contributed by atoms with Gasteiger partial charge in [0.1, 0.15) is 0 Å². The molecule has 0 radical (unpaired) electrons. The first-order valence-electron chi connectivity index (χ1n) is 5.37. The first-order valence-corrected chi connectivity index (χ1v) is 5.37. The number of nitrogens with zero attached hydrogens (tertiary/aromatic N) is 1. The maximum Gasteiger partial charge on any atom is 0.0166 e. The normalized spacial score (nSPS) is 12.3. The Labute approximate surface area is 83.1 Å². The predicted molar refractivity (Wildman–Crippen MR) is 61.0 cm³/mol. The van der Waals surface area contributed by atoms with Crippen LogP contribution in [0.25, 0.3) is 0 Å². The van der Waals surface area contributed by atoms with Crippen LogP contribution in [0, 0.1) is 0 Å². The van der Waals surface area contributed by atoms with Crippen molar-refractivity contribution in [3.05, 3.63) is 24.3 Å². The lowest BCUT2D eigenvalue weighted by Gasteiger charge is -2.15. The van der Waals surface area contributed by atoms with Gasteiger partial charge in [0.15, 0.2) is 0 Å². The van der Waals surface area contributed by atoms with Crippen LogP contribution in [0.5, 0.6) is 0 Å². The Morgan fingerprint density at radius 1 is 0.769 bits per heavy atom. The van der Waals surface area contributed by atoms with Gasteiger partial charge in [-0.1, -0.05) is 45.1 Å². The first-order chi connectivity index (χ1) is 6.35. The SMILES string of the molecule is CCC=CCN(CC)CC=CCC. The van der Waals surface area contributed by atoms with Crippen molar-refractivity contribution < 1.29 is 0 Å². The molecule has 0 aliphatic rings. The second-order valence-electron chi connectivity index (χ2n) is 3.11. The lowest BCUT2D eigenvalue weighted by Crippen LogP contribution is -2.23. The van der Waals surface area contributed by atoms with Crippen LogP contribution in [0.3, 0.4) is 0 Å². The van der Waals surface area contributed by atoms with Gasteiger partial charge in [0, 0.05) is 13.1 Å². The summed E-state index contributed by atoms with van der Waals surface area (Å²) in [4.78, 5) is 2.42. The van der Waals surface area contributed by atoms with Gasteiger partial charge in [0.05, 0.1) is 0 Å². The summed E-state index contributed by atoms with van der Waals surface area (Å²) in [5, 5.41) is 0. The van der Waals surface area contributed by atoms with Crippen LogP contribution in [0.15, 0.2) is 24.3 Å². The highest BCUT2D eigenvalue weighted by molar-refractivity contribution is 4.88. The molecule has 0 aliphatic carbocycles. The average Bonchev–Trinajstić information content (AvgIpc) is 2.16. The smallest absolute Gasteiger partial charge is 0.0166 e. The van der Waals surface area contributed by atoms with Crippen molar-refractivity contribution in [1.82, 2.24) is 4.90 Å². The third kappa shape index (κ3) is 7.79. The Morgan fingerprint density at radius 2 is 1.23 bits per heavy atom. The number of likely N-dealkylation sites (N-methyl/N-ethyl adjacent to an activating group) is 1. The standard InChI is InChI=1S/C12H23N/c1-4-7-9-11-13(6-3)12-10-8-5-2/h7-10H,4-6,11-12H2,1-3H3. The second-order valence-corrected chi connectivity index (χ2v) is 3.11. The van der Waals surface area contributed by atoms with Gasteiger partial charge in [-0.2, -0.15) is 0 Å². The number of hydrogen-bond acceptors (Lipinski definition) is 1. The molecule has 0 bridgehead atoms. The van der Waals surface area contributed by atoms with E-state index in [0.717, 1.165) is 32.5 Å². The molecule has 1 nitrogen and oxygen atoms in total. The van der Waals surface area contributed by atoms with Gasteiger partial charge in [-0.15, -0.1) is 0 Å². The van der Waals surface area contributed by atoms with Gasteiger partial charge in [-0.25, -0.2) is 0 Å².